The predicted octanol–water partition coefficient (Wildman–Crippen LogP) is 3.04. The van der Waals surface area contributed by atoms with E-state index in [-0.39, 0.29) is 11.0 Å². The molecule has 0 atom stereocenters. The molecule has 1 rings (SSSR count). The lowest BCUT2D eigenvalue weighted by molar-refractivity contribution is -0.118. The molecule has 0 aliphatic rings. The van der Waals surface area contributed by atoms with E-state index in [2.05, 4.69) is 5.32 Å². The summed E-state index contributed by atoms with van der Waals surface area (Å²) in [6.45, 7) is 3.77. The molecule has 0 radical (unpaired) electrons. The lowest BCUT2D eigenvalue weighted by Gasteiger charge is -2.01. The van der Waals surface area contributed by atoms with Crippen LogP contribution < -0.4 is 5.32 Å². The Balaban J connectivity index is 2.38. The lowest BCUT2D eigenvalue weighted by atomic mass is 10.2. The molecule has 3 nitrogen and oxygen atoms in total. The average Bonchev–Trinajstić information content (AvgIpc) is 2.44. The Hall–Kier alpha value is -1.81. The molecule has 0 saturated carbocycles. The SMILES string of the molecule is CC(=O)NCCSC(=O)/C(C)=C/C=C/c1ccccc1. The Bertz CT molecular complexity index is 506. The first-order chi connectivity index (χ1) is 9.59. The van der Waals surface area contributed by atoms with Crippen molar-refractivity contribution in [2.45, 2.75) is 13.8 Å². The minimum Gasteiger partial charge on any atom is -0.356 e. The minimum atomic E-state index is -0.0730. The minimum absolute atomic E-state index is 0.0352. The van der Waals surface area contributed by atoms with Crippen molar-refractivity contribution >= 4 is 28.9 Å². The van der Waals surface area contributed by atoms with Gasteiger partial charge < -0.3 is 5.32 Å². The third kappa shape index (κ3) is 6.95. The first-order valence-electron chi connectivity index (χ1n) is 6.41. The molecule has 0 aliphatic heterocycles. The van der Waals surface area contributed by atoms with Crippen molar-refractivity contribution < 1.29 is 9.59 Å². The molecule has 106 valence electrons. The second-order valence-electron chi connectivity index (χ2n) is 4.24. The second-order valence-corrected chi connectivity index (χ2v) is 5.31. The molecule has 0 fully saturated rings. The number of rotatable bonds is 6. The molecule has 1 aromatic carbocycles. The van der Waals surface area contributed by atoms with Gasteiger partial charge >= 0.3 is 0 Å². The normalized spacial score (nSPS) is 11.6. The highest BCUT2D eigenvalue weighted by molar-refractivity contribution is 8.14. The van der Waals surface area contributed by atoms with Crippen LogP contribution in [0, 0.1) is 0 Å². The van der Waals surface area contributed by atoms with Crippen LogP contribution in [0.2, 0.25) is 0 Å². The predicted molar refractivity (Wildman–Crippen MR) is 85.4 cm³/mol. The van der Waals surface area contributed by atoms with Gasteiger partial charge in [-0.1, -0.05) is 60.3 Å². The molecule has 0 spiro atoms. The van der Waals surface area contributed by atoms with E-state index >= 15 is 0 Å². The fraction of sp³-hybridized carbons (Fsp3) is 0.250. The van der Waals surface area contributed by atoms with Crippen LogP contribution in [0.5, 0.6) is 0 Å². The summed E-state index contributed by atoms with van der Waals surface area (Å²) < 4.78 is 0. The third-order valence-electron chi connectivity index (χ3n) is 2.47. The number of nitrogens with one attached hydrogen (secondary N) is 1. The molecular weight excluding hydrogens is 270 g/mol. The van der Waals surface area contributed by atoms with Gasteiger partial charge in [-0.2, -0.15) is 0 Å². The zero-order valence-electron chi connectivity index (χ0n) is 11.8. The van der Waals surface area contributed by atoms with Crippen LogP contribution in [0.15, 0.2) is 48.1 Å². The fourth-order valence-electron chi connectivity index (χ4n) is 1.42. The van der Waals surface area contributed by atoms with E-state index in [0.717, 1.165) is 5.56 Å². The maximum atomic E-state index is 11.8. The van der Waals surface area contributed by atoms with Crippen molar-refractivity contribution in [1.29, 1.82) is 0 Å². The molecular formula is C16H19NO2S. The Kier molecular flexibility index (Phi) is 7.43. The van der Waals surface area contributed by atoms with E-state index in [4.69, 9.17) is 0 Å². The van der Waals surface area contributed by atoms with Gasteiger partial charge in [0.15, 0.2) is 0 Å². The van der Waals surface area contributed by atoms with Crippen molar-refractivity contribution in [3.05, 3.63) is 53.6 Å². The van der Waals surface area contributed by atoms with E-state index < -0.39 is 0 Å². The number of hydrogen-bond donors (Lipinski definition) is 1. The van der Waals surface area contributed by atoms with Crippen molar-refractivity contribution in [2.75, 3.05) is 12.3 Å². The van der Waals surface area contributed by atoms with Crippen LogP contribution in [0.4, 0.5) is 0 Å². The Morgan fingerprint density at radius 3 is 2.55 bits per heavy atom. The number of amides is 1. The van der Waals surface area contributed by atoms with Gasteiger partial charge in [0.2, 0.25) is 11.0 Å². The quantitative estimate of drug-likeness (QED) is 0.497. The smallest absolute Gasteiger partial charge is 0.216 e. The Labute approximate surface area is 124 Å². The maximum Gasteiger partial charge on any atom is 0.216 e. The molecule has 20 heavy (non-hydrogen) atoms. The first-order valence-corrected chi connectivity index (χ1v) is 7.39. The van der Waals surface area contributed by atoms with E-state index in [9.17, 15) is 9.59 Å². The summed E-state index contributed by atoms with van der Waals surface area (Å²) >= 11 is 1.22. The zero-order chi connectivity index (χ0) is 14.8. The highest BCUT2D eigenvalue weighted by atomic mass is 32.2. The van der Waals surface area contributed by atoms with E-state index in [0.29, 0.717) is 17.9 Å². The molecule has 1 aromatic rings. The van der Waals surface area contributed by atoms with Crippen LogP contribution >= 0.6 is 11.8 Å². The Morgan fingerprint density at radius 1 is 1.20 bits per heavy atom. The van der Waals surface area contributed by atoms with Crippen LogP contribution in [-0.2, 0) is 9.59 Å². The summed E-state index contributed by atoms with van der Waals surface area (Å²) in [5.74, 6) is 0.516. The van der Waals surface area contributed by atoms with Crippen molar-refractivity contribution in [3.8, 4) is 0 Å². The Morgan fingerprint density at radius 2 is 1.90 bits per heavy atom. The van der Waals surface area contributed by atoms with Gasteiger partial charge in [-0.15, -0.1) is 0 Å². The van der Waals surface area contributed by atoms with E-state index in [1.54, 1.807) is 13.0 Å². The lowest BCUT2D eigenvalue weighted by Crippen LogP contribution is -2.22. The maximum absolute atomic E-state index is 11.8. The van der Waals surface area contributed by atoms with Crippen LogP contribution in [0.25, 0.3) is 6.08 Å². The summed E-state index contributed by atoms with van der Waals surface area (Å²) in [6.07, 6.45) is 5.64. The molecule has 0 aliphatic carbocycles. The van der Waals surface area contributed by atoms with Crippen molar-refractivity contribution in [1.82, 2.24) is 5.32 Å². The molecule has 1 N–H and O–H groups in total. The first kappa shape index (κ1) is 16.2. The summed E-state index contributed by atoms with van der Waals surface area (Å²) in [5, 5.41) is 2.69. The number of hydrogen-bond acceptors (Lipinski definition) is 3. The fourth-order valence-corrected chi connectivity index (χ4v) is 2.11. The molecule has 4 heteroatoms. The molecule has 0 heterocycles. The van der Waals surface area contributed by atoms with Crippen LogP contribution in [0.1, 0.15) is 19.4 Å². The largest absolute Gasteiger partial charge is 0.356 e. The number of carbonyl (C=O) groups excluding carboxylic acids is 2. The van der Waals surface area contributed by atoms with Crippen molar-refractivity contribution in [2.24, 2.45) is 0 Å². The third-order valence-corrected chi connectivity index (χ3v) is 3.46. The number of carbonyl (C=O) groups is 2. The molecule has 0 unspecified atom stereocenters. The number of benzene rings is 1. The van der Waals surface area contributed by atoms with Gasteiger partial charge in [0.05, 0.1) is 0 Å². The van der Waals surface area contributed by atoms with Gasteiger partial charge in [-0.05, 0) is 12.5 Å². The topological polar surface area (TPSA) is 46.2 Å². The molecule has 0 aromatic heterocycles. The highest BCUT2D eigenvalue weighted by Gasteiger charge is 2.03. The van der Waals surface area contributed by atoms with Gasteiger partial charge in [-0.3, -0.25) is 9.59 Å². The summed E-state index contributed by atoms with van der Waals surface area (Å²) in [7, 11) is 0. The van der Waals surface area contributed by atoms with Gasteiger partial charge in [0.25, 0.3) is 0 Å². The molecule has 0 bridgehead atoms. The summed E-state index contributed by atoms with van der Waals surface area (Å²) in [4.78, 5) is 22.5. The van der Waals surface area contributed by atoms with Gasteiger partial charge in [0.1, 0.15) is 0 Å². The summed E-state index contributed by atoms with van der Waals surface area (Å²) in [5.41, 5.74) is 1.80. The van der Waals surface area contributed by atoms with Crippen LogP contribution in [0.3, 0.4) is 0 Å². The molecule has 1 amide bonds. The monoisotopic (exact) mass is 289 g/mol. The average molecular weight is 289 g/mol. The molecule has 0 saturated heterocycles. The standard InChI is InChI=1S/C16H19NO2S/c1-13(16(19)20-12-11-17-14(2)18)7-6-10-15-8-4-3-5-9-15/h3-10H,11-12H2,1-2H3,(H,17,18)/b10-6+,13-7+. The van der Waals surface area contributed by atoms with Crippen LogP contribution in [-0.4, -0.2) is 23.3 Å². The summed E-state index contributed by atoms with van der Waals surface area (Å²) in [6, 6.07) is 9.92. The second kappa shape index (κ2) is 9.15. The number of thioether (sulfide) groups is 1. The van der Waals surface area contributed by atoms with E-state index in [1.807, 2.05) is 42.5 Å². The van der Waals surface area contributed by atoms with Gasteiger partial charge in [-0.25, -0.2) is 0 Å². The zero-order valence-corrected chi connectivity index (χ0v) is 12.6. The number of allylic oxidation sites excluding steroid dienone is 2. The van der Waals surface area contributed by atoms with E-state index in [1.165, 1.54) is 18.7 Å². The highest BCUT2D eigenvalue weighted by Crippen LogP contribution is 2.10. The van der Waals surface area contributed by atoms with Gasteiger partial charge in [0, 0.05) is 24.8 Å². The van der Waals surface area contributed by atoms with Crippen molar-refractivity contribution in [3.63, 3.8) is 0 Å².